The van der Waals surface area contributed by atoms with Crippen molar-refractivity contribution in [3.8, 4) is 0 Å². The fourth-order valence-corrected chi connectivity index (χ4v) is 4.32. The average molecular weight is 541 g/mol. The minimum atomic E-state index is -0.919. The summed E-state index contributed by atoms with van der Waals surface area (Å²) in [5, 5.41) is 11.6. The predicted octanol–water partition coefficient (Wildman–Crippen LogP) is 5.82. The number of amides is 1. The Morgan fingerprint density at radius 2 is 1.62 bits per heavy atom. The van der Waals surface area contributed by atoms with E-state index in [0.29, 0.717) is 27.4 Å². The SMILES string of the molecule is COC(=O)c1ccc([C@@H]2C(=C(O)c3ccc(Cl)cc3)C(=O)C(=O)N2c2ccc(C)c(Br)c2)cc1. The molecule has 0 aliphatic carbocycles. The van der Waals surface area contributed by atoms with E-state index < -0.39 is 23.7 Å². The molecule has 1 aliphatic rings. The Balaban J connectivity index is 1.92. The number of ether oxygens (including phenoxy) is 1. The first-order valence-electron chi connectivity index (χ1n) is 10.2. The summed E-state index contributed by atoms with van der Waals surface area (Å²) in [6.07, 6.45) is 0. The molecule has 0 radical (unpaired) electrons. The molecule has 4 rings (SSSR count). The van der Waals surface area contributed by atoms with Crippen LogP contribution < -0.4 is 4.90 Å². The molecule has 1 atom stereocenters. The Morgan fingerprint density at radius 1 is 1.00 bits per heavy atom. The molecule has 1 aliphatic heterocycles. The van der Waals surface area contributed by atoms with Gasteiger partial charge in [0.1, 0.15) is 5.76 Å². The van der Waals surface area contributed by atoms with E-state index in [0.717, 1.165) is 10.0 Å². The summed E-state index contributed by atoms with van der Waals surface area (Å²) in [7, 11) is 1.28. The van der Waals surface area contributed by atoms with Crippen LogP contribution in [0.2, 0.25) is 5.02 Å². The van der Waals surface area contributed by atoms with Gasteiger partial charge in [0.15, 0.2) is 0 Å². The standard InChI is InChI=1S/C26H19BrClNO5/c1-14-3-12-19(13-20(14)27)29-22(15-4-6-17(7-5-15)26(33)34-2)21(24(31)25(29)32)23(30)16-8-10-18(28)11-9-16/h3-13,22,30H,1-2H3/t22-/m1/s1. The summed E-state index contributed by atoms with van der Waals surface area (Å²) in [6.45, 7) is 1.91. The first-order valence-corrected chi connectivity index (χ1v) is 11.4. The lowest BCUT2D eigenvalue weighted by Crippen LogP contribution is -2.29. The highest BCUT2D eigenvalue weighted by Crippen LogP contribution is 2.43. The van der Waals surface area contributed by atoms with E-state index >= 15 is 0 Å². The maximum absolute atomic E-state index is 13.2. The van der Waals surface area contributed by atoms with Crippen LogP contribution in [0.15, 0.2) is 76.8 Å². The van der Waals surface area contributed by atoms with Crippen molar-refractivity contribution >= 4 is 56.6 Å². The largest absolute Gasteiger partial charge is 0.507 e. The molecule has 1 amide bonds. The van der Waals surface area contributed by atoms with Gasteiger partial charge >= 0.3 is 5.97 Å². The molecule has 1 fully saturated rings. The van der Waals surface area contributed by atoms with Gasteiger partial charge in [-0.05, 0) is 66.6 Å². The minimum Gasteiger partial charge on any atom is -0.507 e. The number of ketones is 1. The fraction of sp³-hybridized carbons (Fsp3) is 0.115. The van der Waals surface area contributed by atoms with Crippen LogP contribution in [0.4, 0.5) is 5.69 Å². The summed E-state index contributed by atoms with van der Waals surface area (Å²) < 4.78 is 5.52. The van der Waals surface area contributed by atoms with Gasteiger partial charge in [-0.2, -0.15) is 0 Å². The molecule has 1 heterocycles. The van der Waals surface area contributed by atoms with E-state index in [2.05, 4.69) is 15.9 Å². The molecule has 8 heteroatoms. The van der Waals surface area contributed by atoms with Crippen molar-refractivity contribution in [2.24, 2.45) is 0 Å². The molecule has 0 bridgehead atoms. The molecule has 0 spiro atoms. The number of rotatable bonds is 4. The maximum atomic E-state index is 13.2. The van der Waals surface area contributed by atoms with Gasteiger partial charge in [0, 0.05) is 20.7 Å². The number of carbonyl (C=O) groups excluding carboxylic acids is 3. The number of esters is 1. The highest BCUT2D eigenvalue weighted by Gasteiger charge is 2.47. The number of hydrogen-bond acceptors (Lipinski definition) is 5. The van der Waals surface area contributed by atoms with Gasteiger partial charge in [-0.25, -0.2) is 4.79 Å². The van der Waals surface area contributed by atoms with Gasteiger partial charge in [0.2, 0.25) is 0 Å². The van der Waals surface area contributed by atoms with Gasteiger partial charge in [0.05, 0.1) is 24.3 Å². The zero-order chi connectivity index (χ0) is 24.6. The van der Waals surface area contributed by atoms with Crippen molar-refractivity contribution < 1.29 is 24.2 Å². The van der Waals surface area contributed by atoms with Crippen LogP contribution in [0.3, 0.4) is 0 Å². The van der Waals surface area contributed by atoms with Crippen LogP contribution in [0.1, 0.15) is 33.1 Å². The van der Waals surface area contributed by atoms with Crippen LogP contribution in [0.25, 0.3) is 5.76 Å². The van der Waals surface area contributed by atoms with Gasteiger partial charge in [-0.3, -0.25) is 14.5 Å². The summed E-state index contributed by atoms with van der Waals surface area (Å²) in [5.41, 5.74) is 2.59. The molecule has 3 aromatic rings. The van der Waals surface area contributed by atoms with E-state index in [4.69, 9.17) is 16.3 Å². The number of halogens is 2. The second-order valence-electron chi connectivity index (χ2n) is 7.72. The minimum absolute atomic E-state index is 0.0603. The molecule has 0 aromatic heterocycles. The summed E-state index contributed by atoms with van der Waals surface area (Å²) >= 11 is 9.44. The first-order chi connectivity index (χ1) is 16.2. The molecular formula is C26H19BrClNO5. The molecule has 1 saturated heterocycles. The van der Waals surface area contributed by atoms with Gasteiger partial charge in [-0.1, -0.05) is 45.7 Å². The van der Waals surface area contributed by atoms with E-state index in [1.54, 1.807) is 60.7 Å². The number of Topliss-reactive ketones (excluding diaryl/α,β-unsaturated/α-hetero) is 1. The number of aliphatic hydroxyl groups is 1. The van der Waals surface area contributed by atoms with Crippen molar-refractivity contribution in [3.05, 3.63) is 104 Å². The molecule has 34 heavy (non-hydrogen) atoms. The maximum Gasteiger partial charge on any atom is 0.337 e. The van der Waals surface area contributed by atoms with Crippen molar-refractivity contribution in [1.82, 2.24) is 0 Å². The third kappa shape index (κ3) is 4.24. The smallest absolute Gasteiger partial charge is 0.337 e. The van der Waals surface area contributed by atoms with Crippen LogP contribution in [0, 0.1) is 6.92 Å². The van der Waals surface area contributed by atoms with Crippen LogP contribution in [-0.4, -0.2) is 29.9 Å². The second-order valence-corrected chi connectivity index (χ2v) is 9.01. The van der Waals surface area contributed by atoms with Gasteiger partial charge in [-0.15, -0.1) is 0 Å². The number of nitrogens with zero attached hydrogens (tertiary/aromatic N) is 1. The lowest BCUT2D eigenvalue weighted by atomic mass is 9.94. The van der Waals surface area contributed by atoms with E-state index in [9.17, 15) is 19.5 Å². The number of hydrogen-bond donors (Lipinski definition) is 1. The number of aliphatic hydroxyl groups excluding tert-OH is 1. The normalized spacial score (nSPS) is 17.2. The lowest BCUT2D eigenvalue weighted by molar-refractivity contribution is -0.132. The first kappa shape index (κ1) is 23.7. The highest BCUT2D eigenvalue weighted by atomic mass is 79.9. The summed E-state index contributed by atoms with van der Waals surface area (Å²) in [5.74, 6) is -2.41. The van der Waals surface area contributed by atoms with Crippen LogP contribution >= 0.6 is 27.5 Å². The molecular weight excluding hydrogens is 522 g/mol. The van der Waals surface area contributed by atoms with Crippen molar-refractivity contribution in [1.29, 1.82) is 0 Å². The molecule has 0 unspecified atom stereocenters. The second kappa shape index (κ2) is 9.44. The zero-order valence-electron chi connectivity index (χ0n) is 18.2. The lowest BCUT2D eigenvalue weighted by Gasteiger charge is -2.26. The molecule has 172 valence electrons. The van der Waals surface area contributed by atoms with Crippen molar-refractivity contribution in [2.45, 2.75) is 13.0 Å². The molecule has 0 saturated carbocycles. The third-order valence-corrected chi connectivity index (χ3v) is 6.75. The van der Waals surface area contributed by atoms with Crippen molar-refractivity contribution in [3.63, 3.8) is 0 Å². The Morgan fingerprint density at radius 3 is 2.21 bits per heavy atom. The molecule has 3 aromatic carbocycles. The number of carbonyl (C=O) groups is 3. The Kier molecular flexibility index (Phi) is 6.59. The number of aryl methyl sites for hydroxylation is 1. The monoisotopic (exact) mass is 539 g/mol. The van der Waals surface area contributed by atoms with Crippen molar-refractivity contribution in [2.75, 3.05) is 12.0 Å². The van der Waals surface area contributed by atoms with Gasteiger partial charge in [0.25, 0.3) is 11.7 Å². The number of anilines is 1. The number of benzene rings is 3. The third-order valence-electron chi connectivity index (χ3n) is 5.64. The van der Waals surface area contributed by atoms with E-state index in [1.165, 1.54) is 12.0 Å². The zero-order valence-corrected chi connectivity index (χ0v) is 20.6. The average Bonchev–Trinajstić information content (AvgIpc) is 3.11. The molecule has 1 N–H and O–H groups in total. The summed E-state index contributed by atoms with van der Waals surface area (Å²) in [6, 6.07) is 17.1. The summed E-state index contributed by atoms with van der Waals surface area (Å²) in [4.78, 5) is 39.7. The fourth-order valence-electron chi connectivity index (χ4n) is 3.83. The van der Waals surface area contributed by atoms with Crippen LogP contribution in [-0.2, 0) is 14.3 Å². The number of methoxy groups -OCH3 is 1. The topological polar surface area (TPSA) is 83.9 Å². The Labute approximate surface area is 209 Å². The predicted molar refractivity (Wildman–Crippen MR) is 133 cm³/mol. The Hall–Kier alpha value is -3.42. The quantitative estimate of drug-likeness (QED) is 0.195. The van der Waals surface area contributed by atoms with Crippen LogP contribution in [0.5, 0.6) is 0 Å². The highest BCUT2D eigenvalue weighted by molar-refractivity contribution is 9.10. The van der Waals surface area contributed by atoms with E-state index in [-0.39, 0.29) is 11.3 Å². The van der Waals surface area contributed by atoms with Gasteiger partial charge < -0.3 is 9.84 Å². The van der Waals surface area contributed by atoms with E-state index in [1.807, 2.05) is 13.0 Å². The molecule has 6 nitrogen and oxygen atoms in total. The Bertz CT molecular complexity index is 1330.